The molecule has 0 amide bonds. The molecule has 3 N–H and O–H groups in total. The molecule has 23 heavy (non-hydrogen) atoms. The van der Waals surface area contributed by atoms with E-state index in [1.807, 2.05) is 44.2 Å². The summed E-state index contributed by atoms with van der Waals surface area (Å²) in [7, 11) is -3.67. The van der Waals surface area contributed by atoms with Crippen molar-refractivity contribution >= 4 is 10.0 Å². The Morgan fingerprint density at radius 1 is 1.13 bits per heavy atom. The normalized spacial score (nSPS) is 13.2. The van der Waals surface area contributed by atoms with Crippen LogP contribution >= 0.6 is 0 Å². The van der Waals surface area contributed by atoms with Crippen LogP contribution in [0.3, 0.4) is 0 Å². The van der Waals surface area contributed by atoms with Gasteiger partial charge in [-0.15, -0.1) is 0 Å². The highest BCUT2D eigenvalue weighted by atomic mass is 32.2. The van der Waals surface area contributed by atoms with Crippen LogP contribution in [0, 0.1) is 5.92 Å². The largest absolute Gasteiger partial charge is 0.329 e. The van der Waals surface area contributed by atoms with Crippen molar-refractivity contribution in [2.75, 3.05) is 6.54 Å². The Kier molecular flexibility index (Phi) is 5.81. The van der Waals surface area contributed by atoms with E-state index in [1.165, 1.54) is 12.4 Å². The van der Waals surface area contributed by atoms with Crippen molar-refractivity contribution in [1.82, 2.24) is 14.7 Å². The molecule has 0 aliphatic rings. The molecule has 7 heteroatoms. The second kappa shape index (κ2) is 7.63. The van der Waals surface area contributed by atoms with E-state index in [-0.39, 0.29) is 17.5 Å². The second-order valence-electron chi connectivity index (χ2n) is 5.79. The fraction of sp³-hybridized carbons (Fsp3) is 0.375. The third-order valence-corrected chi connectivity index (χ3v) is 4.81. The van der Waals surface area contributed by atoms with Crippen molar-refractivity contribution in [2.45, 2.75) is 31.2 Å². The molecule has 1 aromatic carbocycles. The SMILES string of the molecule is CC(C)CC(CN)NS(=O)(=O)c1cnc(-c2ccccc2)nc1. The molecule has 1 atom stereocenters. The molecular formula is C16H22N4O2S. The van der Waals surface area contributed by atoms with E-state index >= 15 is 0 Å². The van der Waals surface area contributed by atoms with Gasteiger partial charge in [-0.25, -0.2) is 23.1 Å². The van der Waals surface area contributed by atoms with Gasteiger partial charge >= 0.3 is 0 Å². The zero-order valence-electron chi connectivity index (χ0n) is 13.3. The van der Waals surface area contributed by atoms with Gasteiger partial charge in [0.2, 0.25) is 10.0 Å². The van der Waals surface area contributed by atoms with Crippen molar-refractivity contribution in [3.63, 3.8) is 0 Å². The minimum absolute atomic E-state index is 0.0411. The molecule has 1 unspecified atom stereocenters. The number of nitrogens with one attached hydrogen (secondary N) is 1. The Hall–Kier alpha value is -1.83. The van der Waals surface area contributed by atoms with Gasteiger partial charge in [-0.05, 0) is 12.3 Å². The van der Waals surface area contributed by atoms with Gasteiger partial charge in [0.05, 0.1) is 12.4 Å². The number of rotatable bonds is 7. The predicted molar refractivity (Wildman–Crippen MR) is 90.1 cm³/mol. The average molecular weight is 334 g/mol. The molecule has 1 heterocycles. The van der Waals surface area contributed by atoms with Crippen molar-refractivity contribution in [1.29, 1.82) is 0 Å². The summed E-state index contributed by atoms with van der Waals surface area (Å²) in [6.07, 6.45) is 3.32. The van der Waals surface area contributed by atoms with Gasteiger partial charge in [-0.3, -0.25) is 0 Å². The Morgan fingerprint density at radius 3 is 2.26 bits per heavy atom. The number of hydrogen-bond acceptors (Lipinski definition) is 5. The van der Waals surface area contributed by atoms with Gasteiger partial charge in [-0.2, -0.15) is 0 Å². The average Bonchev–Trinajstić information content (AvgIpc) is 2.54. The van der Waals surface area contributed by atoms with Gasteiger partial charge in [0.1, 0.15) is 4.90 Å². The number of aromatic nitrogens is 2. The standard InChI is InChI=1S/C16H22N4O2S/c1-12(2)8-14(9-17)20-23(21,22)15-10-18-16(19-11-15)13-6-4-3-5-7-13/h3-7,10-12,14,20H,8-9,17H2,1-2H3. The quantitative estimate of drug-likeness (QED) is 0.804. The molecular weight excluding hydrogens is 312 g/mol. The lowest BCUT2D eigenvalue weighted by molar-refractivity contribution is 0.465. The minimum atomic E-state index is -3.67. The van der Waals surface area contributed by atoms with E-state index in [1.54, 1.807) is 0 Å². The Balaban J connectivity index is 2.17. The molecule has 0 aliphatic carbocycles. The molecule has 0 bridgehead atoms. The van der Waals surface area contributed by atoms with Crippen molar-refractivity contribution in [2.24, 2.45) is 11.7 Å². The summed E-state index contributed by atoms with van der Waals surface area (Å²) < 4.78 is 27.4. The van der Waals surface area contributed by atoms with E-state index < -0.39 is 10.0 Å². The Labute approximate surface area is 137 Å². The fourth-order valence-electron chi connectivity index (χ4n) is 2.24. The Bertz CT molecular complexity index is 716. The second-order valence-corrected chi connectivity index (χ2v) is 7.51. The first-order valence-electron chi connectivity index (χ1n) is 7.52. The molecule has 0 saturated carbocycles. The summed E-state index contributed by atoms with van der Waals surface area (Å²) in [4.78, 5) is 8.34. The van der Waals surface area contributed by atoms with Gasteiger partial charge in [0, 0.05) is 18.2 Å². The summed E-state index contributed by atoms with van der Waals surface area (Å²) in [6, 6.07) is 9.09. The summed E-state index contributed by atoms with van der Waals surface area (Å²) in [5.41, 5.74) is 6.49. The van der Waals surface area contributed by atoms with Gasteiger partial charge < -0.3 is 5.73 Å². The van der Waals surface area contributed by atoms with Crippen LogP contribution in [0.15, 0.2) is 47.6 Å². The van der Waals surface area contributed by atoms with E-state index in [0.717, 1.165) is 5.56 Å². The van der Waals surface area contributed by atoms with Crippen LogP contribution in [0.2, 0.25) is 0 Å². The van der Waals surface area contributed by atoms with Gasteiger partial charge in [0.15, 0.2) is 5.82 Å². The van der Waals surface area contributed by atoms with E-state index in [0.29, 0.717) is 18.2 Å². The Morgan fingerprint density at radius 2 is 1.74 bits per heavy atom. The zero-order valence-corrected chi connectivity index (χ0v) is 14.1. The molecule has 0 fully saturated rings. The van der Waals surface area contributed by atoms with E-state index in [4.69, 9.17) is 5.73 Å². The number of hydrogen-bond donors (Lipinski definition) is 2. The maximum atomic E-state index is 12.4. The first kappa shape index (κ1) is 17.5. The van der Waals surface area contributed by atoms with Crippen LogP contribution in [0.1, 0.15) is 20.3 Å². The monoisotopic (exact) mass is 334 g/mol. The number of sulfonamides is 1. The number of nitrogens with zero attached hydrogens (tertiary/aromatic N) is 2. The molecule has 124 valence electrons. The number of nitrogens with two attached hydrogens (primary N) is 1. The van der Waals surface area contributed by atoms with Crippen LogP contribution in [0.4, 0.5) is 0 Å². The lowest BCUT2D eigenvalue weighted by Gasteiger charge is -2.18. The van der Waals surface area contributed by atoms with Crippen LogP contribution in [0.5, 0.6) is 0 Å². The molecule has 0 saturated heterocycles. The number of benzene rings is 1. The summed E-state index contributed by atoms with van der Waals surface area (Å²) in [5, 5.41) is 0. The first-order valence-corrected chi connectivity index (χ1v) is 9.00. The fourth-order valence-corrected chi connectivity index (χ4v) is 3.39. The van der Waals surface area contributed by atoms with E-state index in [9.17, 15) is 8.42 Å². The van der Waals surface area contributed by atoms with Crippen LogP contribution < -0.4 is 10.5 Å². The molecule has 6 nitrogen and oxygen atoms in total. The van der Waals surface area contributed by atoms with Gasteiger partial charge in [-0.1, -0.05) is 44.2 Å². The predicted octanol–water partition coefficient (Wildman–Crippen LogP) is 1.80. The maximum Gasteiger partial charge on any atom is 0.243 e. The lowest BCUT2D eigenvalue weighted by atomic mass is 10.1. The molecule has 0 radical (unpaired) electrons. The molecule has 2 rings (SSSR count). The molecule has 0 aliphatic heterocycles. The summed E-state index contributed by atoms with van der Waals surface area (Å²) in [5.74, 6) is 0.838. The highest BCUT2D eigenvalue weighted by molar-refractivity contribution is 7.89. The summed E-state index contributed by atoms with van der Waals surface area (Å²) in [6.45, 7) is 4.30. The van der Waals surface area contributed by atoms with Crippen LogP contribution in [-0.2, 0) is 10.0 Å². The van der Waals surface area contributed by atoms with Crippen molar-refractivity contribution in [3.05, 3.63) is 42.7 Å². The molecule has 2 aromatic rings. The molecule has 0 spiro atoms. The lowest BCUT2D eigenvalue weighted by Crippen LogP contribution is -2.41. The third-order valence-electron chi connectivity index (χ3n) is 3.33. The highest BCUT2D eigenvalue weighted by Gasteiger charge is 2.21. The first-order chi connectivity index (χ1) is 10.9. The van der Waals surface area contributed by atoms with Crippen LogP contribution in [0.25, 0.3) is 11.4 Å². The maximum absolute atomic E-state index is 12.4. The van der Waals surface area contributed by atoms with E-state index in [2.05, 4.69) is 14.7 Å². The van der Waals surface area contributed by atoms with Crippen LogP contribution in [-0.4, -0.2) is 31.0 Å². The third kappa shape index (κ3) is 4.82. The molecule has 1 aromatic heterocycles. The smallest absolute Gasteiger partial charge is 0.243 e. The topological polar surface area (TPSA) is 98.0 Å². The minimum Gasteiger partial charge on any atom is -0.329 e. The van der Waals surface area contributed by atoms with Gasteiger partial charge in [0.25, 0.3) is 0 Å². The summed E-state index contributed by atoms with van der Waals surface area (Å²) >= 11 is 0. The van der Waals surface area contributed by atoms with Crippen molar-refractivity contribution in [3.8, 4) is 11.4 Å². The van der Waals surface area contributed by atoms with Crippen molar-refractivity contribution < 1.29 is 8.42 Å². The highest BCUT2D eigenvalue weighted by Crippen LogP contribution is 2.15. The zero-order chi connectivity index (χ0) is 16.9.